The van der Waals surface area contributed by atoms with E-state index < -0.39 is 0 Å². The summed E-state index contributed by atoms with van der Waals surface area (Å²) in [4.78, 5) is 17.1. The van der Waals surface area contributed by atoms with Crippen LogP contribution in [-0.2, 0) is 0 Å². The summed E-state index contributed by atoms with van der Waals surface area (Å²) < 4.78 is 11.4. The highest BCUT2D eigenvalue weighted by molar-refractivity contribution is 6.04. The Hall–Kier alpha value is -3.60. The first-order valence-electron chi connectivity index (χ1n) is 9.56. The van der Waals surface area contributed by atoms with Crippen molar-refractivity contribution >= 4 is 22.7 Å². The van der Waals surface area contributed by atoms with E-state index in [9.17, 15) is 4.79 Å². The molecule has 3 aromatic carbocycles. The van der Waals surface area contributed by atoms with Gasteiger partial charge in [-0.15, -0.1) is 0 Å². The minimum absolute atomic E-state index is 0.188. The topological polar surface area (TPSA) is 64.4 Å². The second-order valence-electron chi connectivity index (χ2n) is 6.92. The lowest BCUT2D eigenvalue weighted by molar-refractivity contribution is 0.102. The van der Waals surface area contributed by atoms with Crippen LogP contribution in [0.1, 0.15) is 28.4 Å². The predicted molar refractivity (Wildman–Crippen MR) is 114 cm³/mol. The maximum Gasteiger partial charge on any atom is 0.255 e. The number of amides is 1. The number of aromatic nitrogens is 1. The first-order chi connectivity index (χ1) is 14.0. The van der Waals surface area contributed by atoms with Crippen LogP contribution in [0, 0.1) is 13.8 Å². The van der Waals surface area contributed by atoms with Crippen LogP contribution in [0.2, 0.25) is 0 Å². The van der Waals surface area contributed by atoms with Crippen molar-refractivity contribution < 1.29 is 13.9 Å². The van der Waals surface area contributed by atoms with Gasteiger partial charge in [0.2, 0.25) is 5.89 Å². The van der Waals surface area contributed by atoms with Crippen LogP contribution >= 0.6 is 0 Å². The summed E-state index contributed by atoms with van der Waals surface area (Å²) in [6.07, 6.45) is 0. The largest absolute Gasteiger partial charge is 0.494 e. The molecule has 5 nitrogen and oxygen atoms in total. The summed E-state index contributed by atoms with van der Waals surface area (Å²) in [5.41, 5.74) is 6.07. The lowest BCUT2D eigenvalue weighted by atomic mass is 10.1. The zero-order chi connectivity index (χ0) is 20.4. The van der Waals surface area contributed by atoms with Gasteiger partial charge in [-0.3, -0.25) is 4.79 Å². The molecule has 1 N–H and O–H groups in total. The number of hydrogen-bond donors (Lipinski definition) is 1. The van der Waals surface area contributed by atoms with Crippen molar-refractivity contribution in [1.29, 1.82) is 0 Å². The minimum Gasteiger partial charge on any atom is -0.494 e. The number of hydrogen-bond acceptors (Lipinski definition) is 4. The molecule has 146 valence electrons. The van der Waals surface area contributed by atoms with Gasteiger partial charge in [0, 0.05) is 16.8 Å². The molecule has 1 aromatic heterocycles. The van der Waals surface area contributed by atoms with Gasteiger partial charge in [0.05, 0.1) is 6.61 Å². The smallest absolute Gasteiger partial charge is 0.255 e. The molecule has 0 spiro atoms. The average molecular weight is 386 g/mol. The molecule has 0 aliphatic rings. The maximum absolute atomic E-state index is 12.5. The van der Waals surface area contributed by atoms with Crippen molar-refractivity contribution in [2.24, 2.45) is 0 Å². The van der Waals surface area contributed by atoms with E-state index in [1.54, 1.807) is 18.2 Å². The molecule has 0 aliphatic carbocycles. The summed E-state index contributed by atoms with van der Waals surface area (Å²) in [7, 11) is 0. The third kappa shape index (κ3) is 3.99. The van der Waals surface area contributed by atoms with Crippen molar-refractivity contribution in [2.75, 3.05) is 11.9 Å². The average Bonchev–Trinajstić information content (AvgIpc) is 3.12. The molecule has 1 heterocycles. The summed E-state index contributed by atoms with van der Waals surface area (Å²) in [5.74, 6) is 1.05. The van der Waals surface area contributed by atoms with Crippen LogP contribution in [0.25, 0.3) is 22.6 Å². The molecule has 4 rings (SSSR count). The molecular weight excluding hydrogens is 364 g/mol. The Morgan fingerprint density at radius 3 is 2.55 bits per heavy atom. The highest BCUT2D eigenvalue weighted by Crippen LogP contribution is 2.27. The van der Waals surface area contributed by atoms with Crippen LogP contribution in [0.5, 0.6) is 5.75 Å². The zero-order valence-electron chi connectivity index (χ0n) is 16.7. The highest BCUT2D eigenvalue weighted by atomic mass is 16.5. The van der Waals surface area contributed by atoms with E-state index in [0.717, 1.165) is 16.7 Å². The van der Waals surface area contributed by atoms with E-state index >= 15 is 0 Å². The van der Waals surface area contributed by atoms with Gasteiger partial charge in [0.15, 0.2) is 5.58 Å². The number of aryl methyl sites for hydroxylation is 2. The van der Waals surface area contributed by atoms with Gasteiger partial charge in [-0.2, -0.15) is 0 Å². The lowest BCUT2D eigenvalue weighted by Crippen LogP contribution is -2.11. The number of anilines is 1. The van der Waals surface area contributed by atoms with E-state index in [1.165, 1.54) is 11.1 Å². The molecule has 0 saturated heterocycles. The first kappa shape index (κ1) is 18.7. The summed E-state index contributed by atoms with van der Waals surface area (Å²) in [5, 5.41) is 2.90. The van der Waals surface area contributed by atoms with Crippen molar-refractivity contribution in [3.63, 3.8) is 0 Å². The molecule has 1 amide bonds. The van der Waals surface area contributed by atoms with Gasteiger partial charge in [0.1, 0.15) is 11.3 Å². The van der Waals surface area contributed by atoms with Crippen LogP contribution in [0.15, 0.2) is 65.1 Å². The quantitative estimate of drug-likeness (QED) is 0.473. The van der Waals surface area contributed by atoms with Gasteiger partial charge in [-0.1, -0.05) is 6.07 Å². The summed E-state index contributed by atoms with van der Waals surface area (Å²) >= 11 is 0. The normalized spacial score (nSPS) is 10.9. The number of oxazole rings is 1. The van der Waals surface area contributed by atoms with E-state index in [-0.39, 0.29) is 5.91 Å². The number of nitrogens with one attached hydrogen (secondary N) is 1. The summed E-state index contributed by atoms with van der Waals surface area (Å²) in [6, 6.07) is 18.6. The van der Waals surface area contributed by atoms with Gasteiger partial charge >= 0.3 is 0 Å². The second kappa shape index (κ2) is 7.80. The standard InChI is InChI=1S/C24H22N2O3/c1-4-28-20-7-5-6-18(14-20)23(27)25-19-10-8-17(9-11-19)24-26-21-12-15(2)16(3)13-22(21)29-24/h5-14H,4H2,1-3H3,(H,25,27). The number of nitrogens with zero attached hydrogens (tertiary/aromatic N) is 1. The minimum atomic E-state index is -0.188. The van der Waals surface area contributed by atoms with E-state index in [4.69, 9.17) is 9.15 Å². The van der Waals surface area contributed by atoms with Crippen molar-refractivity contribution in [3.8, 4) is 17.2 Å². The van der Waals surface area contributed by atoms with Crippen LogP contribution < -0.4 is 10.1 Å². The van der Waals surface area contributed by atoms with Crippen molar-refractivity contribution in [3.05, 3.63) is 77.4 Å². The Bertz CT molecular complexity index is 1140. The molecule has 0 radical (unpaired) electrons. The van der Waals surface area contributed by atoms with Gasteiger partial charge in [0.25, 0.3) is 5.91 Å². The fourth-order valence-corrected chi connectivity index (χ4v) is 3.10. The number of carbonyl (C=O) groups excluding carboxylic acids is 1. The molecule has 0 saturated carbocycles. The third-order valence-corrected chi connectivity index (χ3v) is 4.80. The lowest BCUT2D eigenvalue weighted by Gasteiger charge is -2.08. The number of fused-ring (bicyclic) bond motifs is 1. The molecule has 0 fully saturated rings. The fraction of sp³-hybridized carbons (Fsp3) is 0.167. The number of carbonyl (C=O) groups is 1. The molecule has 0 bridgehead atoms. The number of rotatable bonds is 5. The molecule has 5 heteroatoms. The Balaban J connectivity index is 1.52. The zero-order valence-corrected chi connectivity index (χ0v) is 16.7. The van der Waals surface area contributed by atoms with Crippen LogP contribution in [0.3, 0.4) is 0 Å². The van der Waals surface area contributed by atoms with E-state index in [2.05, 4.69) is 24.1 Å². The molecule has 0 atom stereocenters. The SMILES string of the molecule is CCOc1cccc(C(=O)Nc2ccc(-c3nc4cc(C)c(C)cc4o3)cc2)c1. The fourth-order valence-electron chi connectivity index (χ4n) is 3.10. The number of ether oxygens (including phenoxy) is 1. The molecule has 29 heavy (non-hydrogen) atoms. The Morgan fingerprint density at radius 2 is 1.79 bits per heavy atom. The second-order valence-corrected chi connectivity index (χ2v) is 6.92. The molecular formula is C24H22N2O3. The third-order valence-electron chi connectivity index (χ3n) is 4.80. The van der Waals surface area contributed by atoms with E-state index in [1.807, 2.05) is 49.4 Å². The summed E-state index contributed by atoms with van der Waals surface area (Å²) in [6.45, 7) is 6.58. The van der Waals surface area contributed by atoms with Crippen LogP contribution in [-0.4, -0.2) is 17.5 Å². The Labute approximate surface area is 169 Å². The molecule has 4 aromatic rings. The van der Waals surface area contributed by atoms with Crippen molar-refractivity contribution in [2.45, 2.75) is 20.8 Å². The van der Waals surface area contributed by atoms with Crippen LogP contribution in [0.4, 0.5) is 5.69 Å². The highest BCUT2D eigenvalue weighted by Gasteiger charge is 2.11. The van der Waals surface area contributed by atoms with Crippen molar-refractivity contribution in [1.82, 2.24) is 4.98 Å². The van der Waals surface area contributed by atoms with Gasteiger partial charge in [-0.25, -0.2) is 4.98 Å². The van der Waals surface area contributed by atoms with E-state index in [0.29, 0.717) is 29.5 Å². The molecule has 0 unspecified atom stereocenters. The monoisotopic (exact) mass is 386 g/mol. The van der Waals surface area contributed by atoms with Gasteiger partial charge < -0.3 is 14.5 Å². The number of benzene rings is 3. The Kier molecular flexibility index (Phi) is 5.04. The first-order valence-corrected chi connectivity index (χ1v) is 9.56. The Morgan fingerprint density at radius 1 is 1.03 bits per heavy atom. The maximum atomic E-state index is 12.5. The predicted octanol–water partition coefficient (Wildman–Crippen LogP) is 5.76. The van der Waals surface area contributed by atoms with Gasteiger partial charge in [-0.05, 0) is 86.5 Å². The molecule has 0 aliphatic heterocycles.